The summed E-state index contributed by atoms with van der Waals surface area (Å²) in [5.74, 6) is 0. The molecule has 0 saturated carbocycles. The third-order valence-electron chi connectivity index (χ3n) is 3.15. The summed E-state index contributed by atoms with van der Waals surface area (Å²) < 4.78 is 0. The van der Waals surface area contributed by atoms with Crippen molar-refractivity contribution in [1.29, 1.82) is 0 Å². The Labute approximate surface area is 108 Å². The molecule has 0 bridgehead atoms. The molecule has 0 aliphatic carbocycles. The number of aromatic nitrogens is 3. The highest BCUT2D eigenvalue weighted by Crippen LogP contribution is 2.28. The zero-order valence-electron chi connectivity index (χ0n) is 9.77. The molecule has 0 amide bonds. The molecule has 0 unspecified atom stereocenters. The third-order valence-corrected chi connectivity index (χ3v) is 3.37. The number of hydrogen-bond donors (Lipinski definition) is 1. The number of nitrogens with one attached hydrogen (secondary N) is 1. The van der Waals surface area contributed by atoms with Crippen molar-refractivity contribution in [2.45, 2.75) is 20.0 Å². The van der Waals surface area contributed by atoms with Crippen molar-refractivity contribution in [3.05, 3.63) is 50.7 Å². The SMILES string of the molecule is Cc1c(N2Cc3ccc(Cl)nc3C2)cn[nH]c1=O. The fourth-order valence-corrected chi connectivity index (χ4v) is 2.33. The molecule has 3 heterocycles. The molecule has 0 spiro atoms. The third kappa shape index (κ3) is 1.76. The van der Waals surface area contributed by atoms with Gasteiger partial charge < -0.3 is 4.90 Å². The Kier molecular flexibility index (Phi) is 2.56. The van der Waals surface area contributed by atoms with Gasteiger partial charge in [-0.2, -0.15) is 5.10 Å². The van der Waals surface area contributed by atoms with E-state index in [1.54, 1.807) is 19.2 Å². The first-order valence-corrected chi connectivity index (χ1v) is 5.96. The highest BCUT2D eigenvalue weighted by Gasteiger charge is 2.22. The lowest BCUT2D eigenvalue weighted by atomic mass is 10.2. The summed E-state index contributed by atoms with van der Waals surface area (Å²) in [7, 11) is 0. The van der Waals surface area contributed by atoms with Crippen molar-refractivity contribution in [3.8, 4) is 0 Å². The zero-order valence-corrected chi connectivity index (χ0v) is 10.5. The van der Waals surface area contributed by atoms with Gasteiger partial charge in [0, 0.05) is 12.1 Å². The molecule has 18 heavy (non-hydrogen) atoms. The van der Waals surface area contributed by atoms with Gasteiger partial charge in [-0.05, 0) is 18.6 Å². The Hall–Kier alpha value is -1.88. The van der Waals surface area contributed by atoms with Crippen LogP contribution in [0.25, 0.3) is 0 Å². The lowest BCUT2D eigenvalue weighted by Gasteiger charge is -2.18. The van der Waals surface area contributed by atoms with Crippen molar-refractivity contribution in [2.24, 2.45) is 0 Å². The molecule has 3 rings (SSSR count). The molecule has 2 aromatic rings. The van der Waals surface area contributed by atoms with Crippen molar-refractivity contribution in [2.75, 3.05) is 4.90 Å². The molecule has 6 heteroatoms. The predicted octanol–water partition coefficient (Wildman–Crippen LogP) is 1.65. The number of pyridine rings is 1. The standard InChI is InChI=1S/C12H11ClN4O/c1-7-10(4-14-16-12(7)18)17-5-8-2-3-11(13)15-9(8)6-17/h2-4H,5-6H2,1H3,(H,16,18). The molecular weight excluding hydrogens is 252 g/mol. The number of hydrogen-bond acceptors (Lipinski definition) is 4. The highest BCUT2D eigenvalue weighted by atomic mass is 35.5. The second kappa shape index (κ2) is 4.10. The molecule has 2 aromatic heterocycles. The van der Waals surface area contributed by atoms with E-state index in [0.717, 1.165) is 23.5 Å². The van der Waals surface area contributed by atoms with E-state index < -0.39 is 0 Å². The molecule has 1 aliphatic heterocycles. The van der Waals surface area contributed by atoms with Crippen LogP contribution < -0.4 is 10.5 Å². The molecule has 0 atom stereocenters. The molecule has 0 fully saturated rings. The van der Waals surface area contributed by atoms with Gasteiger partial charge in [-0.15, -0.1) is 0 Å². The van der Waals surface area contributed by atoms with Gasteiger partial charge in [0.25, 0.3) is 5.56 Å². The van der Waals surface area contributed by atoms with Crippen LogP contribution in [-0.2, 0) is 13.1 Å². The van der Waals surface area contributed by atoms with Gasteiger partial charge in [0.2, 0.25) is 0 Å². The van der Waals surface area contributed by atoms with Crippen LogP contribution in [0.15, 0.2) is 23.1 Å². The van der Waals surface area contributed by atoms with E-state index in [9.17, 15) is 4.79 Å². The van der Waals surface area contributed by atoms with Crippen LogP contribution in [0.5, 0.6) is 0 Å². The summed E-state index contributed by atoms with van der Waals surface area (Å²) in [4.78, 5) is 17.9. The van der Waals surface area contributed by atoms with E-state index in [0.29, 0.717) is 17.3 Å². The minimum absolute atomic E-state index is 0.158. The van der Waals surface area contributed by atoms with Gasteiger partial charge >= 0.3 is 0 Å². The molecule has 92 valence electrons. The number of aromatic amines is 1. The van der Waals surface area contributed by atoms with E-state index in [1.807, 2.05) is 6.07 Å². The van der Waals surface area contributed by atoms with Crippen molar-refractivity contribution >= 4 is 17.3 Å². The Morgan fingerprint density at radius 1 is 1.39 bits per heavy atom. The first kappa shape index (κ1) is 11.2. The average molecular weight is 263 g/mol. The van der Waals surface area contributed by atoms with E-state index in [2.05, 4.69) is 20.1 Å². The summed E-state index contributed by atoms with van der Waals surface area (Å²) in [6.07, 6.45) is 1.67. The summed E-state index contributed by atoms with van der Waals surface area (Å²) in [6, 6.07) is 3.76. The van der Waals surface area contributed by atoms with E-state index >= 15 is 0 Å². The van der Waals surface area contributed by atoms with Crippen LogP contribution in [0.2, 0.25) is 5.15 Å². The van der Waals surface area contributed by atoms with Gasteiger partial charge in [-0.25, -0.2) is 10.1 Å². The Bertz CT molecular complexity index is 667. The second-order valence-electron chi connectivity index (χ2n) is 4.31. The topological polar surface area (TPSA) is 61.9 Å². The minimum atomic E-state index is -0.158. The summed E-state index contributed by atoms with van der Waals surface area (Å²) in [5, 5.41) is 6.77. The lowest BCUT2D eigenvalue weighted by Crippen LogP contribution is -2.21. The number of nitrogens with zero attached hydrogens (tertiary/aromatic N) is 3. The average Bonchev–Trinajstić information content (AvgIpc) is 2.75. The van der Waals surface area contributed by atoms with Gasteiger partial charge in [-0.3, -0.25) is 4.79 Å². The van der Waals surface area contributed by atoms with E-state index in [-0.39, 0.29) is 5.56 Å². The molecule has 1 aliphatic rings. The fourth-order valence-electron chi connectivity index (χ4n) is 2.16. The summed E-state index contributed by atoms with van der Waals surface area (Å²) in [5.41, 5.74) is 3.45. The van der Waals surface area contributed by atoms with Crippen molar-refractivity contribution in [3.63, 3.8) is 0 Å². The number of anilines is 1. The maximum atomic E-state index is 11.5. The smallest absolute Gasteiger partial charge is 0.269 e. The number of halogens is 1. The van der Waals surface area contributed by atoms with Gasteiger partial charge in [0.05, 0.1) is 24.1 Å². The Balaban J connectivity index is 1.99. The maximum absolute atomic E-state index is 11.5. The molecule has 0 radical (unpaired) electrons. The van der Waals surface area contributed by atoms with Gasteiger partial charge in [0.15, 0.2) is 0 Å². The number of fused-ring (bicyclic) bond motifs is 1. The zero-order chi connectivity index (χ0) is 12.7. The van der Waals surface area contributed by atoms with E-state index in [4.69, 9.17) is 11.6 Å². The Morgan fingerprint density at radius 2 is 2.22 bits per heavy atom. The first-order chi connectivity index (χ1) is 8.65. The maximum Gasteiger partial charge on any atom is 0.269 e. The van der Waals surface area contributed by atoms with Crippen LogP contribution in [0.3, 0.4) is 0 Å². The molecular formula is C12H11ClN4O. The normalized spacial score (nSPS) is 13.8. The highest BCUT2D eigenvalue weighted by molar-refractivity contribution is 6.29. The van der Waals surface area contributed by atoms with Gasteiger partial charge in [-0.1, -0.05) is 17.7 Å². The predicted molar refractivity (Wildman–Crippen MR) is 68.7 cm³/mol. The lowest BCUT2D eigenvalue weighted by molar-refractivity contribution is 0.842. The Morgan fingerprint density at radius 3 is 3.06 bits per heavy atom. The van der Waals surface area contributed by atoms with Crippen LogP contribution in [0, 0.1) is 6.92 Å². The van der Waals surface area contributed by atoms with E-state index in [1.165, 1.54) is 0 Å². The summed E-state index contributed by atoms with van der Waals surface area (Å²) in [6.45, 7) is 3.17. The van der Waals surface area contributed by atoms with Crippen LogP contribution >= 0.6 is 11.6 Å². The molecule has 0 saturated heterocycles. The van der Waals surface area contributed by atoms with Crippen LogP contribution in [-0.4, -0.2) is 15.2 Å². The molecule has 0 aromatic carbocycles. The first-order valence-electron chi connectivity index (χ1n) is 5.58. The van der Waals surface area contributed by atoms with Crippen molar-refractivity contribution in [1.82, 2.24) is 15.2 Å². The van der Waals surface area contributed by atoms with Crippen LogP contribution in [0.1, 0.15) is 16.8 Å². The quantitative estimate of drug-likeness (QED) is 0.794. The minimum Gasteiger partial charge on any atom is -0.360 e. The number of H-pyrrole nitrogens is 1. The van der Waals surface area contributed by atoms with Crippen molar-refractivity contribution < 1.29 is 0 Å². The fraction of sp³-hybridized carbons (Fsp3) is 0.250. The summed E-state index contributed by atoms with van der Waals surface area (Å²) >= 11 is 5.88. The molecule has 1 N–H and O–H groups in total. The largest absolute Gasteiger partial charge is 0.360 e. The second-order valence-corrected chi connectivity index (χ2v) is 4.69. The monoisotopic (exact) mass is 262 g/mol. The van der Waals surface area contributed by atoms with Gasteiger partial charge in [0.1, 0.15) is 5.15 Å². The van der Waals surface area contributed by atoms with Crippen LogP contribution in [0.4, 0.5) is 5.69 Å². The molecule has 5 nitrogen and oxygen atoms in total. The number of rotatable bonds is 1.